The first kappa shape index (κ1) is 16.9. The van der Waals surface area contributed by atoms with Crippen molar-refractivity contribution in [3.8, 4) is 11.5 Å². The molecule has 2 aromatic carbocycles. The smallest absolute Gasteiger partial charge is 0.349 e. The first-order valence-electron chi connectivity index (χ1n) is 7.61. The average Bonchev–Trinajstić information content (AvgIpc) is 2.61. The molecule has 0 aromatic heterocycles. The van der Waals surface area contributed by atoms with Crippen LogP contribution in [-0.4, -0.2) is 18.7 Å². The molecule has 4 nitrogen and oxygen atoms in total. The van der Waals surface area contributed by atoms with Crippen LogP contribution in [0, 0.1) is 0 Å². The molecule has 122 valence electrons. The second-order valence-corrected chi connectivity index (χ2v) is 5.42. The van der Waals surface area contributed by atoms with Crippen molar-refractivity contribution in [2.45, 2.75) is 32.5 Å². The molecule has 0 N–H and O–H groups in total. The Balaban J connectivity index is 1.97. The van der Waals surface area contributed by atoms with Crippen molar-refractivity contribution in [3.63, 3.8) is 0 Å². The number of hydrogen-bond donors (Lipinski definition) is 0. The van der Waals surface area contributed by atoms with Gasteiger partial charge < -0.3 is 14.2 Å². The lowest BCUT2D eigenvalue weighted by atomic mass is 10.0. The fourth-order valence-corrected chi connectivity index (χ4v) is 2.08. The SMILES string of the molecule is CC[C@](C)(Oc1ccc(OCc2ccccc2)cc1)C(=O)OC. The Morgan fingerprint density at radius 2 is 1.61 bits per heavy atom. The van der Waals surface area contributed by atoms with Crippen LogP contribution in [0.2, 0.25) is 0 Å². The first-order chi connectivity index (χ1) is 11.1. The Morgan fingerprint density at radius 1 is 1.00 bits per heavy atom. The minimum atomic E-state index is -0.985. The van der Waals surface area contributed by atoms with Gasteiger partial charge in [0.15, 0.2) is 0 Å². The van der Waals surface area contributed by atoms with Gasteiger partial charge in [-0.3, -0.25) is 0 Å². The molecule has 1 atom stereocenters. The third-order valence-corrected chi connectivity index (χ3v) is 3.71. The fraction of sp³-hybridized carbons (Fsp3) is 0.316. The lowest BCUT2D eigenvalue weighted by Crippen LogP contribution is -2.41. The van der Waals surface area contributed by atoms with E-state index in [0.29, 0.717) is 18.8 Å². The minimum absolute atomic E-state index is 0.385. The second-order valence-electron chi connectivity index (χ2n) is 5.42. The standard InChI is InChI=1S/C19H22O4/c1-4-19(2,18(20)21-3)23-17-12-10-16(11-13-17)22-14-15-8-6-5-7-9-15/h5-13H,4,14H2,1-3H3/t19-/m0/s1. The van der Waals surface area contributed by atoms with Gasteiger partial charge in [0.1, 0.15) is 18.1 Å². The maximum atomic E-state index is 11.8. The monoisotopic (exact) mass is 314 g/mol. The Labute approximate surface area is 137 Å². The number of ether oxygens (including phenoxy) is 3. The van der Waals surface area contributed by atoms with Crippen molar-refractivity contribution in [3.05, 3.63) is 60.2 Å². The summed E-state index contributed by atoms with van der Waals surface area (Å²) in [6, 6.07) is 17.2. The molecule has 0 saturated heterocycles. The highest BCUT2D eigenvalue weighted by atomic mass is 16.6. The summed E-state index contributed by atoms with van der Waals surface area (Å²) in [6.07, 6.45) is 0.520. The van der Waals surface area contributed by atoms with Crippen LogP contribution in [0.5, 0.6) is 11.5 Å². The Bertz CT molecular complexity index is 622. The van der Waals surface area contributed by atoms with Crippen LogP contribution >= 0.6 is 0 Å². The lowest BCUT2D eigenvalue weighted by molar-refractivity contribution is -0.157. The van der Waals surface area contributed by atoms with E-state index in [1.807, 2.05) is 49.4 Å². The van der Waals surface area contributed by atoms with E-state index >= 15 is 0 Å². The molecule has 0 spiro atoms. The summed E-state index contributed by atoms with van der Waals surface area (Å²) in [5, 5.41) is 0. The van der Waals surface area contributed by atoms with E-state index in [9.17, 15) is 4.79 Å². The van der Waals surface area contributed by atoms with E-state index in [1.54, 1.807) is 19.1 Å². The van der Waals surface area contributed by atoms with E-state index in [1.165, 1.54) is 7.11 Å². The minimum Gasteiger partial charge on any atom is -0.489 e. The van der Waals surface area contributed by atoms with Gasteiger partial charge in [0, 0.05) is 0 Å². The summed E-state index contributed by atoms with van der Waals surface area (Å²) in [5.41, 5.74) is 0.123. The third kappa shape index (κ3) is 4.49. The van der Waals surface area contributed by atoms with Crippen LogP contribution in [0.25, 0.3) is 0 Å². The zero-order valence-corrected chi connectivity index (χ0v) is 13.7. The highest BCUT2D eigenvalue weighted by Crippen LogP contribution is 2.25. The molecule has 0 aliphatic rings. The van der Waals surface area contributed by atoms with E-state index in [2.05, 4.69) is 0 Å². The molecular weight excluding hydrogens is 292 g/mol. The number of methoxy groups -OCH3 is 1. The Morgan fingerprint density at radius 3 is 2.17 bits per heavy atom. The zero-order chi connectivity index (χ0) is 16.7. The van der Waals surface area contributed by atoms with Gasteiger partial charge in [0.2, 0.25) is 5.60 Å². The number of rotatable bonds is 7. The molecule has 23 heavy (non-hydrogen) atoms. The summed E-state index contributed by atoms with van der Waals surface area (Å²) >= 11 is 0. The average molecular weight is 314 g/mol. The molecule has 2 aromatic rings. The normalized spacial score (nSPS) is 13.0. The van der Waals surface area contributed by atoms with Gasteiger partial charge in [-0.15, -0.1) is 0 Å². The molecule has 0 radical (unpaired) electrons. The predicted molar refractivity (Wildman–Crippen MR) is 88.6 cm³/mol. The maximum Gasteiger partial charge on any atom is 0.349 e. The lowest BCUT2D eigenvalue weighted by Gasteiger charge is -2.26. The van der Waals surface area contributed by atoms with Gasteiger partial charge in [0.05, 0.1) is 7.11 Å². The molecular formula is C19H22O4. The van der Waals surface area contributed by atoms with Crippen molar-refractivity contribution >= 4 is 5.97 Å². The first-order valence-corrected chi connectivity index (χ1v) is 7.61. The van der Waals surface area contributed by atoms with Gasteiger partial charge in [-0.25, -0.2) is 4.79 Å². The van der Waals surface area contributed by atoms with E-state index in [-0.39, 0.29) is 5.97 Å². The summed E-state index contributed by atoms with van der Waals surface area (Å²) in [6.45, 7) is 4.11. The van der Waals surface area contributed by atoms with E-state index in [4.69, 9.17) is 14.2 Å². The van der Waals surface area contributed by atoms with Gasteiger partial charge in [-0.2, -0.15) is 0 Å². The molecule has 0 unspecified atom stereocenters. The van der Waals surface area contributed by atoms with Crippen LogP contribution in [0.1, 0.15) is 25.8 Å². The van der Waals surface area contributed by atoms with Gasteiger partial charge >= 0.3 is 5.97 Å². The number of esters is 1. The zero-order valence-electron chi connectivity index (χ0n) is 13.7. The van der Waals surface area contributed by atoms with Crippen LogP contribution in [0.15, 0.2) is 54.6 Å². The Hall–Kier alpha value is -2.49. The number of hydrogen-bond acceptors (Lipinski definition) is 4. The molecule has 0 aliphatic heterocycles. The van der Waals surface area contributed by atoms with Gasteiger partial charge in [-0.05, 0) is 43.2 Å². The van der Waals surface area contributed by atoms with Gasteiger partial charge in [-0.1, -0.05) is 37.3 Å². The van der Waals surface area contributed by atoms with Crippen molar-refractivity contribution < 1.29 is 19.0 Å². The highest BCUT2D eigenvalue weighted by Gasteiger charge is 2.34. The molecule has 0 fully saturated rings. The van der Waals surface area contributed by atoms with Crippen LogP contribution in [-0.2, 0) is 16.1 Å². The predicted octanol–water partition coefficient (Wildman–Crippen LogP) is 3.99. The van der Waals surface area contributed by atoms with Crippen molar-refractivity contribution in [2.24, 2.45) is 0 Å². The number of carbonyl (C=O) groups is 1. The van der Waals surface area contributed by atoms with Crippen molar-refractivity contribution in [1.82, 2.24) is 0 Å². The summed E-state index contributed by atoms with van der Waals surface area (Å²) in [7, 11) is 1.36. The van der Waals surface area contributed by atoms with Gasteiger partial charge in [0.25, 0.3) is 0 Å². The van der Waals surface area contributed by atoms with Crippen molar-refractivity contribution in [1.29, 1.82) is 0 Å². The van der Waals surface area contributed by atoms with Crippen LogP contribution in [0.3, 0.4) is 0 Å². The molecule has 4 heteroatoms. The molecule has 0 saturated carbocycles. The highest BCUT2D eigenvalue weighted by molar-refractivity contribution is 5.79. The summed E-state index contributed by atoms with van der Waals surface area (Å²) in [5.74, 6) is 0.966. The molecule has 0 amide bonds. The van der Waals surface area contributed by atoms with Crippen LogP contribution < -0.4 is 9.47 Å². The fourth-order valence-electron chi connectivity index (χ4n) is 2.08. The van der Waals surface area contributed by atoms with E-state index in [0.717, 1.165) is 11.3 Å². The summed E-state index contributed by atoms with van der Waals surface area (Å²) in [4.78, 5) is 11.8. The molecule has 0 aliphatic carbocycles. The topological polar surface area (TPSA) is 44.8 Å². The maximum absolute atomic E-state index is 11.8. The molecule has 0 bridgehead atoms. The number of carbonyl (C=O) groups excluding carboxylic acids is 1. The molecule has 2 rings (SSSR count). The van der Waals surface area contributed by atoms with Crippen molar-refractivity contribution in [2.75, 3.05) is 7.11 Å². The quantitative estimate of drug-likeness (QED) is 0.725. The largest absolute Gasteiger partial charge is 0.489 e. The molecule has 0 heterocycles. The Kier molecular flexibility index (Phi) is 5.63. The van der Waals surface area contributed by atoms with E-state index < -0.39 is 5.60 Å². The second kappa shape index (κ2) is 7.68. The van der Waals surface area contributed by atoms with Crippen LogP contribution in [0.4, 0.5) is 0 Å². The number of benzene rings is 2. The third-order valence-electron chi connectivity index (χ3n) is 3.71. The summed E-state index contributed by atoms with van der Waals surface area (Å²) < 4.78 is 16.3.